The van der Waals surface area contributed by atoms with Crippen LogP contribution in [0.4, 0.5) is 0 Å². The lowest BCUT2D eigenvalue weighted by Gasteiger charge is -2.09. The number of hydrogen-bond donors (Lipinski definition) is 1. The minimum absolute atomic E-state index is 0.250. The van der Waals surface area contributed by atoms with Gasteiger partial charge in [0, 0.05) is 17.6 Å². The average molecular weight is 322 g/mol. The van der Waals surface area contributed by atoms with Crippen molar-refractivity contribution >= 4 is 26.0 Å². The summed E-state index contributed by atoms with van der Waals surface area (Å²) >= 11 is 3.26. The van der Waals surface area contributed by atoms with Gasteiger partial charge in [-0.1, -0.05) is 6.07 Å². The SMILES string of the molecule is CCOCCNS(=O)(=O)c1ccc(C)cc1Br. The van der Waals surface area contributed by atoms with E-state index in [0.29, 0.717) is 17.7 Å². The largest absolute Gasteiger partial charge is 0.380 e. The summed E-state index contributed by atoms with van der Waals surface area (Å²) in [4.78, 5) is 0.250. The van der Waals surface area contributed by atoms with Crippen LogP contribution >= 0.6 is 15.9 Å². The second kappa shape index (κ2) is 6.49. The van der Waals surface area contributed by atoms with Crippen molar-refractivity contribution in [2.45, 2.75) is 18.7 Å². The number of hydrogen-bond acceptors (Lipinski definition) is 3. The topological polar surface area (TPSA) is 55.4 Å². The van der Waals surface area contributed by atoms with E-state index in [9.17, 15) is 8.42 Å². The summed E-state index contributed by atoms with van der Waals surface area (Å²) in [5.41, 5.74) is 1.00. The molecular weight excluding hydrogens is 306 g/mol. The van der Waals surface area contributed by atoms with Gasteiger partial charge in [0.25, 0.3) is 0 Å². The zero-order valence-corrected chi connectivity index (χ0v) is 12.3. The Labute approximate surface area is 111 Å². The van der Waals surface area contributed by atoms with E-state index >= 15 is 0 Å². The molecule has 0 saturated carbocycles. The molecule has 0 atom stereocenters. The van der Waals surface area contributed by atoms with E-state index in [0.717, 1.165) is 5.56 Å². The van der Waals surface area contributed by atoms with Crippen LogP contribution in [-0.2, 0) is 14.8 Å². The maximum atomic E-state index is 11.9. The molecule has 1 N–H and O–H groups in total. The van der Waals surface area contributed by atoms with Gasteiger partial charge in [-0.2, -0.15) is 0 Å². The minimum atomic E-state index is -3.47. The third kappa shape index (κ3) is 4.39. The van der Waals surface area contributed by atoms with Crippen molar-refractivity contribution in [3.05, 3.63) is 28.2 Å². The summed E-state index contributed by atoms with van der Waals surface area (Å²) < 4.78 is 32.0. The van der Waals surface area contributed by atoms with Gasteiger partial charge in [-0.05, 0) is 47.5 Å². The van der Waals surface area contributed by atoms with Crippen LogP contribution in [0, 0.1) is 6.92 Å². The highest BCUT2D eigenvalue weighted by molar-refractivity contribution is 9.10. The standard InChI is InChI=1S/C11H16BrNO3S/c1-3-16-7-6-13-17(14,15)11-5-4-9(2)8-10(11)12/h4-5,8,13H,3,6-7H2,1-2H3. The van der Waals surface area contributed by atoms with Crippen LogP contribution in [0.5, 0.6) is 0 Å². The molecule has 0 saturated heterocycles. The van der Waals surface area contributed by atoms with E-state index in [4.69, 9.17) is 4.74 Å². The summed E-state index contributed by atoms with van der Waals surface area (Å²) in [6.45, 7) is 5.00. The van der Waals surface area contributed by atoms with Gasteiger partial charge in [0.2, 0.25) is 10.0 Å². The lowest BCUT2D eigenvalue weighted by Crippen LogP contribution is -2.27. The van der Waals surface area contributed by atoms with Gasteiger partial charge in [-0.15, -0.1) is 0 Å². The van der Waals surface area contributed by atoms with Crippen LogP contribution in [0.1, 0.15) is 12.5 Å². The van der Waals surface area contributed by atoms with Crippen LogP contribution in [0.25, 0.3) is 0 Å². The van der Waals surface area contributed by atoms with E-state index < -0.39 is 10.0 Å². The molecule has 0 aliphatic carbocycles. The van der Waals surface area contributed by atoms with Gasteiger partial charge in [0.15, 0.2) is 0 Å². The molecule has 0 fully saturated rings. The molecule has 0 spiro atoms. The zero-order valence-electron chi connectivity index (χ0n) is 9.86. The average Bonchev–Trinajstić information content (AvgIpc) is 2.24. The summed E-state index contributed by atoms with van der Waals surface area (Å²) in [5, 5.41) is 0. The smallest absolute Gasteiger partial charge is 0.241 e. The Hall–Kier alpha value is -0.430. The van der Waals surface area contributed by atoms with Crippen LogP contribution in [0.2, 0.25) is 0 Å². The number of rotatable bonds is 6. The van der Waals surface area contributed by atoms with Gasteiger partial charge < -0.3 is 4.74 Å². The van der Waals surface area contributed by atoms with Gasteiger partial charge in [0.05, 0.1) is 11.5 Å². The summed E-state index contributed by atoms with van der Waals surface area (Å²) in [6, 6.07) is 5.13. The molecule has 0 amide bonds. The predicted molar refractivity (Wildman–Crippen MR) is 70.6 cm³/mol. The number of halogens is 1. The molecule has 1 rings (SSSR count). The summed E-state index contributed by atoms with van der Waals surface area (Å²) in [5.74, 6) is 0. The van der Waals surface area contributed by atoms with Crippen molar-refractivity contribution in [1.29, 1.82) is 0 Å². The first-order chi connectivity index (χ1) is 7.97. The minimum Gasteiger partial charge on any atom is -0.380 e. The predicted octanol–water partition coefficient (Wildman–Crippen LogP) is 2.07. The Morgan fingerprint density at radius 1 is 1.41 bits per heavy atom. The van der Waals surface area contributed by atoms with Crippen LogP contribution < -0.4 is 4.72 Å². The molecule has 0 aliphatic rings. The lowest BCUT2D eigenvalue weighted by atomic mass is 10.2. The molecule has 1 aromatic carbocycles. The zero-order chi connectivity index (χ0) is 12.9. The second-order valence-electron chi connectivity index (χ2n) is 3.53. The van der Waals surface area contributed by atoms with Crippen molar-refractivity contribution in [2.75, 3.05) is 19.8 Å². The molecule has 4 nitrogen and oxygen atoms in total. The Morgan fingerprint density at radius 3 is 2.71 bits per heavy atom. The number of ether oxygens (including phenoxy) is 1. The normalized spacial score (nSPS) is 11.7. The van der Waals surface area contributed by atoms with Crippen molar-refractivity contribution in [3.8, 4) is 0 Å². The van der Waals surface area contributed by atoms with Crippen molar-refractivity contribution in [3.63, 3.8) is 0 Å². The first-order valence-electron chi connectivity index (χ1n) is 5.31. The third-order valence-electron chi connectivity index (χ3n) is 2.12. The van der Waals surface area contributed by atoms with Crippen LogP contribution in [-0.4, -0.2) is 28.2 Å². The quantitative estimate of drug-likeness (QED) is 0.816. The third-order valence-corrected chi connectivity index (χ3v) is 4.56. The molecule has 96 valence electrons. The highest BCUT2D eigenvalue weighted by Gasteiger charge is 2.16. The van der Waals surface area contributed by atoms with Crippen molar-refractivity contribution in [1.82, 2.24) is 4.72 Å². The molecule has 17 heavy (non-hydrogen) atoms. The van der Waals surface area contributed by atoms with E-state index in [1.807, 2.05) is 13.8 Å². The molecule has 0 radical (unpaired) electrons. The maximum Gasteiger partial charge on any atom is 0.241 e. The molecule has 1 aromatic rings. The number of benzene rings is 1. The molecule has 6 heteroatoms. The van der Waals surface area contributed by atoms with Gasteiger partial charge in [-0.25, -0.2) is 13.1 Å². The van der Waals surface area contributed by atoms with Crippen LogP contribution in [0.15, 0.2) is 27.6 Å². The van der Waals surface area contributed by atoms with Gasteiger partial charge in [-0.3, -0.25) is 0 Å². The Morgan fingerprint density at radius 2 is 2.12 bits per heavy atom. The highest BCUT2D eigenvalue weighted by atomic mass is 79.9. The monoisotopic (exact) mass is 321 g/mol. The van der Waals surface area contributed by atoms with Gasteiger partial charge in [0.1, 0.15) is 0 Å². The first-order valence-corrected chi connectivity index (χ1v) is 7.58. The van der Waals surface area contributed by atoms with Crippen molar-refractivity contribution < 1.29 is 13.2 Å². The molecule has 0 aromatic heterocycles. The first kappa shape index (κ1) is 14.6. The maximum absolute atomic E-state index is 11.9. The summed E-state index contributed by atoms with van der Waals surface area (Å²) in [7, 11) is -3.47. The van der Waals surface area contributed by atoms with E-state index in [-0.39, 0.29) is 11.4 Å². The fraction of sp³-hybridized carbons (Fsp3) is 0.455. The molecule has 0 bridgehead atoms. The second-order valence-corrected chi connectivity index (χ2v) is 6.12. The lowest BCUT2D eigenvalue weighted by molar-refractivity contribution is 0.153. The van der Waals surface area contributed by atoms with E-state index in [1.165, 1.54) is 0 Å². The highest BCUT2D eigenvalue weighted by Crippen LogP contribution is 2.22. The Kier molecular flexibility index (Phi) is 5.58. The number of sulfonamides is 1. The van der Waals surface area contributed by atoms with E-state index in [2.05, 4.69) is 20.7 Å². The number of aryl methyl sites for hydroxylation is 1. The Balaban J connectivity index is 2.76. The van der Waals surface area contributed by atoms with E-state index in [1.54, 1.807) is 18.2 Å². The fourth-order valence-corrected chi connectivity index (χ4v) is 3.50. The molecule has 0 heterocycles. The molecule has 0 aliphatic heterocycles. The molecular formula is C11H16BrNO3S. The number of nitrogens with one attached hydrogen (secondary N) is 1. The Bertz CT molecular complexity index is 474. The fourth-order valence-electron chi connectivity index (χ4n) is 1.29. The van der Waals surface area contributed by atoms with Gasteiger partial charge >= 0.3 is 0 Å². The van der Waals surface area contributed by atoms with Crippen molar-refractivity contribution in [2.24, 2.45) is 0 Å². The molecule has 0 unspecified atom stereocenters. The summed E-state index contributed by atoms with van der Waals surface area (Å²) in [6.07, 6.45) is 0. The van der Waals surface area contributed by atoms with Crippen LogP contribution in [0.3, 0.4) is 0 Å².